The Balaban J connectivity index is 0.000000207. The summed E-state index contributed by atoms with van der Waals surface area (Å²) < 4.78 is 7.44. The summed E-state index contributed by atoms with van der Waals surface area (Å²) in [4.78, 5) is 12.6. The number of carbonyl (C=O) groups is 1. The fourth-order valence-corrected chi connectivity index (χ4v) is 4.19. The Labute approximate surface area is 219 Å². The molecule has 8 nitrogen and oxygen atoms in total. The molecule has 1 heterocycles. The van der Waals surface area contributed by atoms with Gasteiger partial charge in [0.05, 0.1) is 24.2 Å². The molecule has 3 aromatic rings. The first-order valence-electron chi connectivity index (χ1n) is 12.6. The number of fused-ring (bicyclic) bond motifs is 1. The van der Waals surface area contributed by atoms with Crippen molar-refractivity contribution < 1.29 is 9.53 Å². The molecule has 0 unspecified atom stereocenters. The van der Waals surface area contributed by atoms with E-state index >= 15 is 0 Å². The lowest BCUT2D eigenvalue weighted by Gasteiger charge is -2.14. The minimum atomic E-state index is -0.311. The van der Waals surface area contributed by atoms with E-state index < -0.39 is 0 Å². The number of hydrogen-bond donors (Lipinski definition) is 2. The Bertz CT molecular complexity index is 1310. The van der Waals surface area contributed by atoms with Crippen molar-refractivity contribution in [1.82, 2.24) is 19.9 Å². The topological polar surface area (TPSA) is 98.3 Å². The Kier molecular flexibility index (Phi) is 10.0. The maximum Gasteiger partial charge on any atom is 0.231 e. The van der Waals surface area contributed by atoms with Crippen molar-refractivity contribution in [2.75, 3.05) is 32.1 Å². The number of carbonyl (C=O) groups excluding carboxylic acids is 1. The van der Waals surface area contributed by atoms with Crippen molar-refractivity contribution in [2.24, 2.45) is 5.73 Å². The van der Waals surface area contributed by atoms with E-state index in [1.807, 2.05) is 60.8 Å². The van der Waals surface area contributed by atoms with Gasteiger partial charge >= 0.3 is 0 Å². The van der Waals surface area contributed by atoms with Crippen LogP contribution in [-0.4, -0.2) is 52.5 Å². The second-order valence-corrected chi connectivity index (χ2v) is 9.26. The van der Waals surface area contributed by atoms with Crippen LogP contribution >= 0.6 is 0 Å². The Morgan fingerprint density at radius 3 is 2.59 bits per heavy atom. The summed E-state index contributed by atoms with van der Waals surface area (Å²) in [5.74, 6) is 0.517. The maximum atomic E-state index is 10.7. The van der Waals surface area contributed by atoms with E-state index in [2.05, 4.69) is 47.0 Å². The van der Waals surface area contributed by atoms with Crippen LogP contribution in [0.5, 0.6) is 5.75 Å². The van der Waals surface area contributed by atoms with Crippen molar-refractivity contribution in [1.29, 1.82) is 0 Å². The molecule has 0 radical (unpaired) electrons. The molecule has 0 aliphatic heterocycles. The van der Waals surface area contributed by atoms with E-state index in [1.165, 1.54) is 30.4 Å². The number of amides is 1. The van der Waals surface area contributed by atoms with Crippen LogP contribution in [0.25, 0.3) is 18.3 Å². The van der Waals surface area contributed by atoms with E-state index in [1.54, 1.807) is 0 Å². The molecule has 1 aliphatic carbocycles. The van der Waals surface area contributed by atoms with Gasteiger partial charge in [0, 0.05) is 17.9 Å². The smallest absolute Gasteiger partial charge is 0.231 e. The molecule has 0 fully saturated rings. The summed E-state index contributed by atoms with van der Waals surface area (Å²) in [6, 6.07) is 14.2. The number of ether oxygens (including phenoxy) is 1. The number of nitrogens with two attached hydrogens (primary N) is 1. The second kappa shape index (κ2) is 13.4. The molecule has 0 saturated heterocycles. The van der Waals surface area contributed by atoms with Crippen LogP contribution in [0.15, 0.2) is 54.7 Å². The molecule has 4 rings (SSSR count). The van der Waals surface area contributed by atoms with Crippen LogP contribution in [0.2, 0.25) is 0 Å². The second-order valence-electron chi connectivity index (χ2n) is 9.26. The lowest BCUT2D eigenvalue weighted by molar-refractivity contribution is -0.118. The molecular formula is C29H38N6O2. The van der Waals surface area contributed by atoms with Gasteiger partial charge in [0.15, 0.2) is 0 Å². The Morgan fingerprint density at radius 2 is 1.95 bits per heavy atom. The third-order valence-electron chi connectivity index (χ3n) is 5.98. The molecule has 1 aliphatic rings. The van der Waals surface area contributed by atoms with Crippen LogP contribution in [0.4, 0.5) is 5.69 Å². The first kappa shape index (κ1) is 27.7. The summed E-state index contributed by atoms with van der Waals surface area (Å²) in [6.45, 7) is 13.3. The monoisotopic (exact) mass is 502 g/mol. The van der Waals surface area contributed by atoms with Gasteiger partial charge in [-0.25, -0.2) is 4.68 Å². The zero-order valence-electron chi connectivity index (χ0n) is 22.2. The van der Waals surface area contributed by atoms with Crippen molar-refractivity contribution in [3.63, 3.8) is 0 Å². The third kappa shape index (κ3) is 8.32. The number of rotatable bonds is 10. The number of allylic oxidation sites excluding steroid dienone is 1. The molecule has 0 spiro atoms. The highest BCUT2D eigenvalue weighted by molar-refractivity contribution is 5.75. The lowest BCUT2D eigenvalue weighted by Crippen LogP contribution is -2.31. The lowest BCUT2D eigenvalue weighted by atomic mass is 10.1. The van der Waals surface area contributed by atoms with Crippen LogP contribution in [0, 0.1) is 0 Å². The van der Waals surface area contributed by atoms with Crippen LogP contribution < -0.4 is 26.5 Å². The molecule has 37 heavy (non-hydrogen) atoms. The molecule has 1 amide bonds. The van der Waals surface area contributed by atoms with Gasteiger partial charge in [-0.3, -0.25) is 9.69 Å². The zero-order chi connectivity index (χ0) is 26.8. The molecule has 0 saturated carbocycles. The molecule has 0 atom stereocenters. The minimum Gasteiger partial charge on any atom is -0.494 e. The van der Waals surface area contributed by atoms with Crippen LogP contribution in [0.3, 0.4) is 0 Å². The number of benzene rings is 2. The fourth-order valence-electron chi connectivity index (χ4n) is 4.19. The van der Waals surface area contributed by atoms with E-state index in [9.17, 15) is 4.79 Å². The van der Waals surface area contributed by atoms with Gasteiger partial charge < -0.3 is 15.8 Å². The van der Waals surface area contributed by atoms with Crippen molar-refractivity contribution in [2.45, 2.75) is 39.5 Å². The molecule has 0 bridgehead atoms. The minimum absolute atomic E-state index is 0.279. The van der Waals surface area contributed by atoms with Gasteiger partial charge in [0.2, 0.25) is 5.91 Å². The summed E-state index contributed by atoms with van der Waals surface area (Å²) in [5.41, 5.74) is 11.0. The van der Waals surface area contributed by atoms with Gasteiger partial charge in [0.25, 0.3) is 0 Å². The van der Waals surface area contributed by atoms with Crippen LogP contribution in [-0.2, 0) is 17.6 Å². The molecule has 8 heteroatoms. The third-order valence-corrected chi connectivity index (χ3v) is 5.98. The average molecular weight is 503 g/mol. The quantitative estimate of drug-likeness (QED) is 0.414. The predicted molar refractivity (Wildman–Crippen MR) is 150 cm³/mol. The van der Waals surface area contributed by atoms with Gasteiger partial charge in [0.1, 0.15) is 11.1 Å². The van der Waals surface area contributed by atoms with Gasteiger partial charge in [-0.05, 0) is 94.1 Å². The SMILES string of the molecule is C=C(C)Nc1ccc(OCCCN(C)CC(N)=O)cc1.C=c1/c(=C\C)nnn1-c1ccc2c(c1)CCC2. The first-order chi connectivity index (χ1) is 17.8. The van der Waals surface area contributed by atoms with Gasteiger partial charge in [-0.2, -0.15) is 0 Å². The maximum absolute atomic E-state index is 10.7. The highest BCUT2D eigenvalue weighted by atomic mass is 16.5. The molecule has 196 valence electrons. The highest BCUT2D eigenvalue weighted by Crippen LogP contribution is 2.23. The average Bonchev–Trinajstić information content (AvgIpc) is 3.48. The summed E-state index contributed by atoms with van der Waals surface area (Å²) in [7, 11) is 1.86. The Morgan fingerprint density at radius 1 is 1.22 bits per heavy atom. The number of aromatic nitrogens is 3. The van der Waals surface area contributed by atoms with Gasteiger partial charge in [-0.1, -0.05) is 30.5 Å². The van der Waals surface area contributed by atoms with E-state index in [-0.39, 0.29) is 12.5 Å². The largest absolute Gasteiger partial charge is 0.494 e. The Hall–Kier alpha value is -3.91. The number of likely N-dealkylation sites (N-methyl/N-ethyl adjacent to an activating group) is 1. The summed E-state index contributed by atoms with van der Waals surface area (Å²) in [6.07, 6.45) is 6.42. The van der Waals surface area contributed by atoms with E-state index in [0.717, 1.165) is 46.5 Å². The summed E-state index contributed by atoms with van der Waals surface area (Å²) in [5, 5.41) is 13.1. The first-order valence-corrected chi connectivity index (χ1v) is 12.6. The van der Waals surface area contributed by atoms with Crippen LogP contribution in [0.1, 0.15) is 37.8 Å². The molecule has 3 N–H and O–H groups in total. The zero-order valence-corrected chi connectivity index (χ0v) is 22.2. The van der Waals surface area contributed by atoms with Crippen molar-refractivity contribution >= 4 is 24.2 Å². The number of primary amides is 1. The molecular weight excluding hydrogens is 464 g/mol. The van der Waals surface area contributed by atoms with Crippen molar-refractivity contribution in [3.8, 4) is 11.4 Å². The standard InChI is InChI=1S/C15H23N3O2.C14H15N3/c1-12(2)17-13-5-7-14(8-6-13)20-10-4-9-18(3)11-15(16)19;1-3-14-10(2)17(16-15-14)13-8-7-11-5-4-6-12(11)9-13/h5-8,17H,1,4,9-11H2,2-3H3,(H2,16,19);3,7-9H,2,4-6H2,1H3/b;14-3+. The predicted octanol–water partition coefficient (Wildman–Crippen LogP) is 2.78. The number of nitrogens with zero attached hydrogens (tertiary/aromatic N) is 4. The summed E-state index contributed by atoms with van der Waals surface area (Å²) >= 11 is 0. The van der Waals surface area contributed by atoms with E-state index in [4.69, 9.17) is 10.5 Å². The number of aryl methyl sites for hydroxylation is 2. The number of hydrogen-bond acceptors (Lipinski definition) is 6. The molecule has 2 aromatic carbocycles. The number of nitrogens with one attached hydrogen (secondary N) is 1. The van der Waals surface area contributed by atoms with E-state index in [0.29, 0.717) is 6.61 Å². The molecule has 1 aromatic heterocycles. The highest BCUT2D eigenvalue weighted by Gasteiger charge is 2.12. The van der Waals surface area contributed by atoms with Crippen molar-refractivity contribution in [3.05, 3.63) is 76.6 Å². The normalized spacial score (nSPS) is 12.6. The van der Waals surface area contributed by atoms with Gasteiger partial charge in [-0.15, -0.1) is 5.10 Å². The fraction of sp³-hybridized carbons (Fsp3) is 0.345. The number of anilines is 1.